The molecule has 80 valence electrons. The predicted molar refractivity (Wildman–Crippen MR) is 63.6 cm³/mol. The molecule has 0 N–H and O–H groups in total. The fourth-order valence-corrected chi connectivity index (χ4v) is 1.66. The van der Waals surface area contributed by atoms with Crippen molar-refractivity contribution in [3.8, 4) is 23.7 Å². The first-order valence-corrected chi connectivity index (χ1v) is 5.17. The molecule has 1 aliphatic heterocycles. The normalized spacial score (nSPS) is 10.6. The Bertz CT molecular complexity index is 585. The SMILES string of the molecule is C#Cc1c2cc(C(C)C)cccc-2oc1=O. The molecule has 16 heavy (non-hydrogen) atoms. The number of hydrogen-bond donors (Lipinski definition) is 0. The Kier molecular flexibility index (Phi) is 2.54. The minimum Gasteiger partial charge on any atom is -0.422 e. The van der Waals surface area contributed by atoms with Crippen LogP contribution in [0.15, 0.2) is 33.5 Å². The van der Waals surface area contributed by atoms with Crippen molar-refractivity contribution in [1.29, 1.82) is 0 Å². The van der Waals surface area contributed by atoms with Gasteiger partial charge in [0.15, 0.2) is 0 Å². The lowest BCUT2D eigenvalue weighted by molar-refractivity contribution is 0.544. The zero-order valence-electron chi connectivity index (χ0n) is 9.28. The summed E-state index contributed by atoms with van der Waals surface area (Å²) < 4.78 is 5.09. The van der Waals surface area contributed by atoms with E-state index in [4.69, 9.17) is 10.8 Å². The van der Waals surface area contributed by atoms with E-state index >= 15 is 0 Å². The van der Waals surface area contributed by atoms with Crippen LogP contribution in [-0.2, 0) is 0 Å². The molecule has 0 atom stereocenters. The van der Waals surface area contributed by atoms with Gasteiger partial charge in [0, 0.05) is 5.56 Å². The molecule has 0 bridgehead atoms. The first-order valence-electron chi connectivity index (χ1n) is 5.17. The van der Waals surface area contributed by atoms with E-state index in [1.807, 2.05) is 18.2 Å². The van der Waals surface area contributed by atoms with Gasteiger partial charge in [0.1, 0.15) is 11.3 Å². The molecule has 0 saturated heterocycles. The number of furan rings is 1. The molecule has 0 radical (unpaired) electrons. The first-order chi connectivity index (χ1) is 7.63. The van der Waals surface area contributed by atoms with E-state index in [1.165, 1.54) is 0 Å². The Hall–Kier alpha value is -2.01. The molecule has 2 nitrogen and oxygen atoms in total. The van der Waals surface area contributed by atoms with Gasteiger partial charge in [-0.2, -0.15) is 0 Å². The van der Waals surface area contributed by atoms with E-state index < -0.39 is 5.63 Å². The molecule has 0 aromatic rings. The minimum atomic E-state index is -0.432. The summed E-state index contributed by atoms with van der Waals surface area (Å²) in [5.74, 6) is 3.32. The van der Waals surface area contributed by atoms with Crippen LogP contribution in [0.4, 0.5) is 0 Å². The van der Waals surface area contributed by atoms with E-state index in [9.17, 15) is 4.79 Å². The maximum Gasteiger partial charge on any atom is 0.352 e. The zero-order chi connectivity index (χ0) is 11.7. The summed E-state index contributed by atoms with van der Waals surface area (Å²) in [5, 5.41) is 0. The van der Waals surface area contributed by atoms with Gasteiger partial charge in [-0.05, 0) is 23.6 Å². The summed E-state index contributed by atoms with van der Waals surface area (Å²) in [5.41, 5.74) is 1.74. The molecule has 1 heterocycles. The molecule has 0 amide bonds. The van der Waals surface area contributed by atoms with E-state index in [2.05, 4.69) is 19.8 Å². The van der Waals surface area contributed by atoms with Gasteiger partial charge in [-0.15, -0.1) is 6.42 Å². The van der Waals surface area contributed by atoms with Crippen LogP contribution in [0.2, 0.25) is 0 Å². The fourth-order valence-electron chi connectivity index (χ4n) is 1.66. The van der Waals surface area contributed by atoms with Crippen LogP contribution in [0.1, 0.15) is 30.9 Å². The second-order valence-electron chi connectivity index (χ2n) is 4.01. The highest BCUT2D eigenvalue weighted by molar-refractivity contribution is 5.68. The lowest BCUT2D eigenvalue weighted by Crippen LogP contribution is -1.95. The van der Waals surface area contributed by atoms with Gasteiger partial charge in [-0.1, -0.05) is 31.9 Å². The highest BCUT2D eigenvalue weighted by Crippen LogP contribution is 2.26. The van der Waals surface area contributed by atoms with Crippen molar-refractivity contribution >= 4 is 0 Å². The predicted octanol–water partition coefficient (Wildman–Crippen LogP) is 2.85. The van der Waals surface area contributed by atoms with Crippen molar-refractivity contribution in [2.75, 3.05) is 0 Å². The Labute approximate surface area is 94.3 Å². The highest BCUT2D eigenvalue weighted by atomic mass is 16.4. The summed E-state index contributed by atoms with van der Waals surface area (Å²) in [6.45, 7) is 4.18. The van der Waals surface area contributed by atoms with Crippen molar-refractivity contribution in [2.45, 2.75) is 19.8 Å². The third kappa shape index (κ3) is 1.61. The van der Waals surface area contributed by atoms with Crippen molar-refractivity contribution in [3.05, 3.63) is 45.8 Å². The third-order valence-corrected chi connectivity index (χ3v) is 2.60. The van der Waals surface area contributed by atoms with Gasteiger partial charge in [-0.25, -0.2) is 4.79 Å². The standard InChI is InChI=1S/C14H12O2/c1-4-11-12-8-10(9(2)3)6-5-7-13(12)16-14(11)15/h1,5-9H,2-3H3. The maximum absolute atomic E-state index is 11.4. The van der Waals surface area contributed by atoms with Crippen LogP contribution in [0.3, 0.4) is 0 Å². The van der Waals surface area contributed by atoms with Crippen molar-refractivity contribution < 1.29 is 4.42 Å². The number of rotatable bonds is 1. The number of hydrogen-bond acceptors (Lipinski definition) is 2. The summed E-state index contributed by atoms with van der Waals surface area (Å²) in [6, 6.07) is 7.58. The Morgan fingerprint density at radius 3 is 2.75 bits per heavy atom. The maximum atomic E-state index is 11.4. The minimum absolute atomic E-state index is 0.313. The average molecular weight is 212 g/mol. The molecule has 0 aromatic carbocycles. The molecule has 0 unspecified atom stereocenters. The summed E-state index contributed by atoms with van der Waals surface area (Å²) >= 11 is 0. The van der Waals surface area contributed by atoms with E-state index in [1.54, 1.807) is 6.07 Å². The lowest BCUT2D eigenvalue weighted by atomic mass is 10.0. The number of terminal acetylenes is 1. The number of fused-ring (bicyclic) bond motifs is 1. The summed E-state index contributed by atoms with van der Waals surface area (Å²) in [7, 11) is 0. The molecular weight excluding hydrogens is 200 g/mol. The quantitative estimate of drug-likeness (QED) is 0.680. The second-order valence-corrected chi connectivity index (χ2v) is 4.01. The van der Waals surface area contributed by atoms with Crippen molar-refractivity contribution in [3.63, 3.8) is 0 Å². The molecule has 0 saturated carbocycles. The average Bonchev–Trinajstić information content (AvgIpc) is 2.42. The van der Waals surface area contributed by atoms with Gasteiger partial charge in [0.25, 0.3) is 0 Å². The van der Waals surface area contributed by atoms with Gasteiger partial charge >= 0.3 is 5.63 Å². The van der Waals surface area contributed by atoms with Gasteiger partial charge in [0.2, 0.25) is 0 Å². The smallest absolute Gasteiger partial charge is 0.352 e. The zero-order valence-corrected chi connectivity index (χ0v) is 9.28. The Morgan fingerprint density at radius 2 is 2.12 bits per heavy atom. The van der Waals surface area contributed by atoms with Crippen LogP contribution < -0.4 is 5.63 Å². The van der Waals surface area contributed by atoms with E-state index in [-0.39, 0.29) is 0 Å². The third-order valence-electron chi connectivity index (χ3n) is 2.60. The molecule has 2 rings (SSSR count). The largest absolute Gasteiger partial charge is 0.422 e. The van der Waals surface area contributed by atoms with Gasteiger partial charge < -0.3 is 4.42 Å². The first kappa shape index (κ1) is 10.5. The highest BCUT2D eigenvalue weighted by Gasteiger charge is 2.15. The van der Waals surface area contributed by atoms with Crippen LogP contribution in [0.5, 0.6) is 0 Å². The van der Waals surface area contributed by atoms with Crippen LogP contribution in [-0.4, -0.2) is 0 Å². The monoisotopic (exact) mass is 212 g/mol. The van der Waals surface area contributed by atoms with Crippen LogP contribution in [0, 0.1) is 12.3 Å². The van der Waals surface area contributed by atoms with E-state index in [0.717, 1.165) is 11.1 Å². The summed E-state index contributed by atoms with van der Waals surface area (Å²) in [6.07, 6.45) is 5.32. The molecule has 0 fully saturated rings. The lowest BCUT2D eigenvalue weighted by Gasteiger charge is -2.01. The molecule has 1 aliphatic carbocycles. The topological polar surface area (TPSA) is 30.2 Å². The molecule has 0 aromatic heterocycles. The van der Waals surface area contributed by atoms with Crippen LogP contribution >= 0.6 is 0 Å². The molecule has 2 heteroatoms. The Morgan fingerprint density at radius 1 is 1.38 bits per heavy atom. The fraction of sp³-hybridized carbons (Fsp3) is 0.214. The molecular formula is C14H12O2. The summed E-state index contributed by atoms with van der Waals surface area (Å²) in [4.78, 5) is 11.4. The van der Waals surface area contributed by atoms with Crippen LogP contribution in [0.25, 0.3) is 11.3 Å². The van der Waals surface area contributed by atoms with E-state index in [0.29, 0.717) is 17.2 Å². The second kappa shape index (κ2) is 3.86. The van der Waals surface area contributed by atoms with Gasteiger partial charge in [0.05, 0.1) is 0 Å². The molecule has 0 spiro atoms. The Balaban J connectivity index is 2.79. The van der Waals surface area contributed by atoms with Crippen molar-refractivity contribution in [2.24, 2.45) is 0 Å². The van der Waals surface area contributed by atoms with Gasteiger partial charge in [-0.3, -0.25) is 0 Å². The molecule has 2 aliphatic rings. The van der Waals surface area contributed by atoms with Crippen molar-refractivity contribution in [1.82, 2.24) is 0 Å².